The zero-order chi connectivity index (χ0) is 20.5. The van der Waals surface area contributed by atoms with Gasteiger partial charge in [-0.1, -0.05) is 12.1 Å². The van der Waals surface area contributed by atoms with Crippen molar-refractivity contribution in [3.8, 4) is 17.2 Å². The lowest BCUT2D eigenvalue weighted by molar-refractivity contribution is 0.414. The molecule has 0 spiro atoms. The largest absolute Gasteiger partial charge is 0.497 e. The average molecular weight is 388 g/mol. The lowest BCUT2D eigenvalue weighted by Crippen LogP contribution is -1.96. The van der Waals surface area contributed by atoms with Gasteiger partial charge in [0.2, 0.25) is 0 Å². The van der Waals surface area contributed by atoms with E-state index in [4.69, 9.17) is 24.2 Å². The highest BCUT2D eigenvalue weighted by molar-refractivity contribution is 5.81. The van der Waals surface area contributed by atoms with Gasteiger partial charge in [0.25, 0.3) is 0 Å². The molecule has 3 aromatic rings. The van der Waals surface area contributed by atoms with Crippen molar-refractivity contribution in [3.05, 3.63) is 89.5 Å². The monoisotopic (exact) mass is 388 g/mol. The molecule has 5 heteroatoms. The normalized spacial score (nSPS) is 12.2. The highest BCUT2D eigenvalue weighted by Gasteiger charge is 2.07. The minimum atomic E-state index is -0.370. The predicted molar refractivity (Wildman–Crippen MR) is 117 cm³/mol. The molecule has 0 amide bonds. The fourth-order valence-corrected chi connectivity index (χ4v) is 2.68. The van der Waals surface area contributed by atoms with Crippen molar-refractivity contribution in [2.24, 2.45) is 9.98 Å². The van der Waals surface area contributed by atoms with Gasteiger partial charge in [-0.3, -0.25) is 9.98 Å². The molecule has 29 heavy (non-hydrogen) atoms. The van der Waals surface area contributed by atoms with Crippen LogP contribution >= 0.6 is 0 Å². The molecule has 148 valence electrons. The molecule has 0 heterocycles. The van der Waals surface area contributed by atoms with Crippen LogP contribution < -0.4 is 14.2 Å². The van der Waals surface area contributed by atoms with Crippen LogP contribution in [0.25, 0.3) is 0 Å². The second-order valence-corrected chi connectivity index (χ2v) is 6.25. The van der Waals surface area contributed by atoms with Crippen LogP contribution in [0.4, 0.5) is 0 Å². The van der Waals surface area contributed by atoms with Gasteiger partial charge in [0.05, 0.1) is 21.3 Å². The Bertz CT molecular complexity index is 889. The van der Waals surface area contributed by atoms with Crippen LogP contribution in [0.5, 0.6) is 17.2 Å². The van der Waals surface area contributed by atoms with Crippen molar-refractivity contribution >= 4 is 12.4 Å². The average Bonchev–Trinajstić information content (AvgIpc) is 2.80. The van der Waals surface area contributed by atoms with Crippen molar-refractivity contribution in [2.75, 3.05) is 21.3 Å². The summed E-state index contributed by atoms with van der Waals surface area (Å²) in [6.45, 7) is 0. The number of hydrogen-bond donors (Lipinski definition) is 0. The third kappa shape index (κ3) is 5.69. The van der Waals surface area contributed by atoms with Gasteiger partial charge >= 0.3 is 0 Å². The van der Waals surface area contributed by atoms with Crippen LogP contribution in [0.15, 0.2) is 82.8 Å². The minimum Gasteiger partial charge on any atom is -0.497 e. The number of benzene rings is 3. The molecular weight excluding hydrogens is 364 g/mol. The first-order valence-corrected chi connectivity index (χ1v) is 9.20. The Morgan fingerprint density at radius 3 is 1.24 bits per heavy atom. The summed E-state index contributed by atoms with van der Waals surface area (Å²) >= 11 is 0. The molecule has 3 aromatic carbocycles. The molecule has 3 rings (SSSR count). The minimum absolute atomic E-state index is 0.370. The zero-order valence-corrected chi connectivity index (χ0v) is 16.8. The first-order chi connectivity index (χ1) is 14.2. The summed E-state index contributed by atoms with van der Waals surface area (Å²) in [7, 11) is 4.95. The van der Waals surface area contributed by atoms with Crippen molar-refractivity contribution < 1.29 is 14.2 Å². The van der Waals surface area contributed by atoms with Gasteiger partial charge in [-0.2, -0.15) is 0 Å². The van der Waals surface area contributed by atoms with Crippen LogP contribution in [-0.4, -0.2) is 33.8 Å². The lowest BCUT2D eigenvalue weighted by Gasteiger charge is -2.09. The maximum Gasteiger partial charge on any atom is 0.165 e. The molecule has 5 nitrogen and oxygen atoms in total. The lowest BCUT2D eigenvalue weighted by atomic mass is 10.1. The second-order valence-electron chi connectivity index (χ2n) is 6.25. The SMILES string of the molecule is COc1ccc(C=NC(/N=C/c2ccc(OC)cc2)c2ccc(OC)cc2)cc1. The van der Waals surface area contributed by atoms with E-state index in [1.807, 2.05) is 85.2 Å². The summed E-state index contributed by atoms with van der Waals surface area (Å²) in [6, 6.07) is 23.2. The quantitative estimate of drug-likeness (QED) is 0.513. The maximum absolute atomic E-state index is 5.25. The first kappa shape index (κ1) is 20.1. The van der Waals surface area contributed by atoms with E-state index in [0.29, 0.717) is 0 Å². The van der Waals surface area contributed by atoms with Gasteiger partial charge < -0.3 is 14.2 Å². The van der Waals surface area contributed by atoms with E-state index in [-0.39, 0.29) is 6.17 Å². The van der Waals surface area contributed by atoms with Gasteiger partial charge in [-0.15, -0.1) is 0 Å². The van der Waals surface area contributed by atoms with Gasteiger partial charge in [-0.25, -0.2) is 0 Å². The topological polar surface area (TPSA) is 52.4 Å². The number of hydrogen-bond acceptors (Lipinski definition) is 5. The third-order valence-electron chi connectivity index (χ3n) is 4.38. The molecule has 0 aliphatic carbocycles. The van der Waals surface area contributed by atoms with Crippen molar-refractivity contribution in [1.82, 2.24) is 0 Å². The number of methoxy groups -OCH3 is 3. The van der Waals surface area contributed by atoms with Gasteiger partial charge in [-0.05, 0) is 77.4 Å². The van der Waals surface area contributed by atoms with Crippen LogP contribution in [0.2, 0.25) is 0 Å². The Morgan fingerprint density at radius 2 is 0.897 bits per heavy atom. The second kappa shape index (κ2) is 10.1. The summed E-state index contributed by atoms with van der Waals surface area (Å²) in [5, 5.41) is 0. The smallest absolute Gasteiger partial charge is 0.165 e. The molecule has 0 saturated heterocycles. The summed E-state index contributed by atoms with van der Waals surface area (Å²) in [5.41, 5.74) is 2.92. The highest BCUT2D eigenvalue weighted by Crippen LogP contribution is 2.22. The van der Waals surface area contributed by atoms with E-state index in [9.17, 15) is 0 Å². The first-order valence-electron chi connectivity index (χ1n) is 9.20. The maximum atomic E-state index is 5.25. The number of aliphatic imine (C=N–C) groups is 2. The van der Waals surface area contributed by atoms with Crippen molar-refractivity contribution in [1.29, 1.82) is 0 Å². The third-order valence-corrected chi connectivity index (χ3v) is 4.38. The van der Waals surface area contributed by atoms with Gasteiger partial charge in [0.1, 0.15) is 17.2 Å². The molecule has 0 bridgehead atoms. The van der Waals surface area contributed by atoms with Crippen LogP contribution in [-0.2, 0) is 0 Å². The molecule has 0 aromatic heterocycles. The molecule has 0 fully saturated rings. The Balaban J connectivity index is 1.84. The van der Waals surface area contributed by atoms with E-state index < -0.39 is 0 Å². The zero-order valence-electron chi connectivity index (χ0n) is 16.8. The molecule has 0 N–H and O–H groups in total. The van der Waals surface area contributed by atoms with Crippen LogP contribution in [0, 0.1) is 0 Å². The molecule has 0 aliphatic heterocycles. The molecule has 1 unspecified atom stereocenters. The summed E-state index contributed by atoms with van der Waals surface area (Å²) in [5.74, 6) is 2.42. The molecule has 0 radical (unpaired) electrons. The summed E-state index contributed by atoms with van der Waals surface area (Å²) in [6.07, 6.45) is 3.27. The summed E-state index contributed by atoms with van der Waals surface area (Å²) in [4.78, 5) is 9.39. The molecule has 0 aliphatic rings. The Labute approximate surface area is 171 Å². The fraction of sp³-hybridized carbons (Fsp3) is 0.167. The van der Waals surface area contributed by atoms with E-state index in [1.54, 1.807) is 21.3 Å². The van der Waals surface area contributed by atoms with Crippen LogP contribution in [0.1, 0.15) is 22.9 Å². The number of nitrogens with zero attached hydrogens (tertiary/aromatic N) is 2. The van der Waals surface area contributed by atoms with E-state index in [2.05, 4.69) is 0 Å². The Hall–Kier alpha value is -3.60. The van der Waals surface area contributed by atoms with E-state index in [0.717, 1.165) is 33.9 Å². The molecule has 1 atom stereocenters. The molecular formula is C24H24N2O3. The van der Waals surface area contributed by atoms with E-state index in [1.165, 1.54) is 0 Å². The predicted octanol–water partition coefficient (Wildman–Crippen LogP) is 4.95. The van der Waals surface area contributed by atoms with E-state index >= 15 is 0 Å². The summed E-state index contributed by atoms with van der Waals surface area (Å²) < 4.78 is 15.7. The van der Waals surface area contributed by atoms with Crippen LogP contribution in [0.3, 0.4) is 0 Å². The number of ether oxygens (including phenoxy) is 3. The molecule has 0 saturated carbocycles. The van der Waals surface area contributed by atoms with Gasteiger partial charge in [0.15, 0.2) is 6.17 Å². The Kier molecular flexibility index (Phi) is 7.00. The highest BCUT2D eigenvalue weighted by atomic mass is 16.5. The Morgan fingerprint density at radius 1 is 0.552 bits per heavy atom. The number of rotatable bonds is 8. The van der Waals surface area contributed by atoms with Crippen molar-refractivity contribution in [3.63, 3.8) is 0 Å². The van der Waals surface area contributed by atoms with Crippen molar-refractivity contribution in [2.45, 2.75) is 6.17 Å². The van der Waals surface area contributed by atoms with Gasteiger partial charge in [0, 0.05) is 12.4 Å². The fourth-order valence-electron chi connectivity index (χ4n) is 2.68. The standard InChI is InChI=1S/C24H24N2O3/c1-27-21-10-4-18(5-11-21)16-25-24(20-8-14-23(29-3)15-9-20)26-17-19-6-12-22(28-2)13-7-19/h4-17,24H,1-3H3/b25-16+,26-17?.